The summed E-state index contributed by atoms with van der Waals surface area (Å²) in [7, 11) is 0. The van der Waals surface area contributed by atoms with Crippen LogP contribution >= 0.6 is 0 Å². The fourth-order valence-corrected chi connectivity index (χ4v) is 1.97. The second-order valence-electron chi connectivity index (χ2n) is 4.70. The molecule has 3 heteroatoms. The summed E-state index contributed by atoms with van der Waals surface area (Å²) in [6.45, 7) is 3.90. The Morgan fingerprint density at radius 3 is 2.53 bits per heavy atom. The quantitative estimate of drug-likeness (QED) is 0.827. The molecule has 3 N–H and O–H groups in total. The number of carbonyl (C=O) groups excluding carboxylic acids is 1. The molecule has 0 aromatic heterocycles. The van der Waals surface area contributed by atoms with Crippen molar-refractivity contribution in [2.45, 2.75) is 19.9 Å². The third-order valence-corrected chi connectivity index (χ3v) is 3.10. The van der Waals surface area contributed by atoms with Crippen LogP contribution in [0, 0.1) is 6.92 Å². The van der Waals surface area contributed by atoms with Gasteiger partial charge in [0.05, 0.1) is 11.6 Å². The zero-order valence-corrected chi connectivity index (χ0v) is 11.2. The highest BCUT2D eigenvalue weighted by atomic mass is 16.1. The van der Waals surface area contributed by atoms with Crippen molar-refractivity contribution in [3.05, 3.63) is 65.2 Å². The first kappa shape index (κ1) is 13.1. The summed E-state index contributed by atoms with van der Waals surface area (Å²) >= 11 is 0. The van der Waals surface area contributed by atoms with Crippen molar-refractivity contribution in [2.75, 3.05) is 5.73 Å². The molecule has 0 fully saturated rings. The van der Waals surface area contributed by atoms with Gasteiger partial charge in [-0.05, 0) is 31.5 Å². The fraction of sp³-hybridized carbons (Fsp3) is 0.188. The van der Waals surface area contributed by atoms with Crippen molar-refractivity contribution < 1.29 is 4.79 Å². The lowest BCUT2D eigenvalue weighted by Gasteiger charge is -2.15. The number of nitrogen functional groups attached to an aromatic ring is 1. The summed E-state index contributed by atoms with van der Waals surface area (Å²) in [5.41, 5.74) is 8.97. The number of benzene rings is 2. The highest BCUT2D eigenvalue weighted by molar-refractivity contribution is 5.99. The molecule has 2 aromatic carbocycles. The minimum Gasteiger partial charge on any atom is -0.398 e. The van der Waals surface area contributed by atoms with E-state index in [9.17, 15) is 4.79 Å². The maximum Gasteiger partial charge on any atom is 0.253 e. The first-order chi connectivity index (χ1) is 9.08. The molecule has 1 amide bonds. The van der Waals surface area contributed by atoms with Gasteiger partial charge in [0, 0.05) is 5.69 Å². The van der Waals surface area contributed by atoms with Crippen molar-refractivity contribution in [1.82, 2.24) is 5.32 Å². The summed E-state index contributed by atoms with van der Waals surface area (Å²) < 4.78 is 0. The van der Waals surface area contributed by atoms with E-state index in [1.807, 2.05) is 56.3 Å². The summed E-state index contributed by atoms with van der Waals surface area (Å²) in [6, 6.07) is 15.3. The fourth-order valence-electron chi connectivity index (χ4n) is 1.97. The lowest BCUT2D eigenvalue weighted by Crippen LogP contribution is -2.27. The Kier molecular flexibility index (Phi) is 3.85. The van der Waals surface area contributed by atoms with Crippen molar-refractivity contribution in [2.24, 2.45) is 0 Å². The third kappa shape index (κ3) is 3.13. The van der Waals surface area contributed by atoms with Gasteiger partial charge in [0.1, 0.15) is 0 Å². The molecule has 3 nitrogen and oxygen atoms in total. The molecular formula is C16H18N2O. The molecule has 2 aromatic rings. The number of anilines is 1. The molecule has 0 bridgehead atoms. The van der Waals surface area contributed by atoms with E-state index < -0.39 is 0 Å². The number of nitrogens with one attached hydrogen (secondary N) is 1. The van der Waals surface area contributed by atoms with Crippen LogP contribution in [0.4, 0.5) is 5.69 Å². The van der Waals surface area contributed by atoms with Crippen LogP contribution in [-0.2, 0) is 0 Å². The van der Waals surface area contributed by atoms with Gasteiger partial charge in [-0.25, -0.2) is 0 Å². The van der Waals surface area contributed by atoms with Crippen LogP contribution in [-0.4, -0.2) is 5.91 Å². The van der Waals surface area contributed by atoms with E-state index in [0.29, 0.717) is 11.3 Å². The maximum atomic E-state index is 12.2. The minimum atomic E-state index is -0.141. The van der Waals surface area contributed by atoms with Crippen molar-refractivity contribution in [3.63, 3.8) is 0 Å². The summed E-state index contributed by atoms with van der Waals surface area (Å²) in [6.07, 6.45) is 0. The van der Waals surface area contributed by atoms with Gasteiger partial charge in [-0.2, -0.15) is 0 Å². The Hall–Kier alpha value is -2.29. The molecule has 0 aliphatic rings. The number of nitrogens with two attached hydrogens (primary N) is 1. The Morgan fingerprint density at radius 1 is 1.16 bits per heavy atom. The largest absolute Gasteiger partial charge is 0.398 e. The Bertz CT molecular complexity index is 579. The SMILES string of the molecule is Cc1ccc(N)c(C(=O)NC(C)c2ccccc2)c1. The van der Waals surface area contributed by atoms with Crippen LogP contribution in [0.2, 0.25) is 0 Å². The second-order valence-corrected chi connectivity index (χ2v) is 4.70. The van der Waals surface area contributed by atoms with E-state index in [2.05, 4.69) is 5.32 Å². The average molecular weight is 254 g/mol. The number of aryl methyl sites for hydroxylation is 1. The molecule has 98 valence electrons. The van der Waals surface area contributed by atoms with Gasteiger partial charge in [-0.15, -0.1) is 0 Å². The highest BCUT2D eigenvalue weighted by Crippen LogP contribution is 2.16. The van der Waals surface area contributed by atoms with Gasteiger partial charge in [0.15, 0.2) is 0 Å². The summed E-state index contributed by atoms with van der Waals surface area (Å²) in [5, 5.41) is 2.96. The van der Waals surface area contributed by atoms with E-state index in [1.165, 1.54) is 0 Å². The molecule has 0 aliphatic heterocycles. The first-order valence-corrected chi connectivity index (χ1v) is 6.30. The topological polar surface area (TPSA) is 55.1 Å². The molecule has 0 saturated carbocycles. The number of carbonyl (C=O) groups is 1. The lowest BCUT2D eigenvalue weighted by atomic mass is 10.1. The highest BCUT2D eigenvalue weighted by Gasteiger charge is 2.13. The number of hydrogen-bond donors (Lipinski definition) is 2. The molecule has 0 spiro atoms. The van der Waals surface area contributed by atoms with E-state index >= 15 is 0 Å². The monoisotopic (exact) mass is 254 g/mol. The second kappa shape index (κ2) is 5.57. The number of amides is 1. The molecule has 0 heterocycles. The van der Waals surface area contributed by atoms with Crippen LogP contribution in [0.1, 0.15) is 34.5 Å². The number of rotatable bonds is 3. The predicted octanol–water partition coefficient (Wildman–Crippen LogP) is 3.07. The molecule has 0 aliphatic carbocycles. The van der Waals surface area contributed by atoms with E-state index in [1.54, 1.807) is 6.07 Å². The Morgan fingerprint density at radius 2 is 1.84 bits per heavy atom. The van der Waals surface area contributed by atoms with Gasteiger partial charge in [0.25, 0.3) is 5.91 Å². The maximum absolute atomic E-state index is 12.2. The summed E-state index contributed by atoms with van der Waals surface area (Å²) in [4.78, 5) is 12.2. The van der Waals surface area contributed by atoms with Crippen molar-refractivity contribution in [3.8, 4) is 0 Å². The van der Waals surface area contributed by atoms with Crippen LogP contribution < -0.4 is 11.1 Å². The Labute approximate surface area is 113 Å². The number of hydrogen-bond acceptors (Lipinski definition) is 2. The zero-order chi connectivity index (χ0) is 13.8. The van der Waals surface area contributed by atoms with E-state index in [4.69, 9.17) is 5.73 Å². The van der Waals surface area contributed by atoms with Crippen LogP contribution in [0.25, 0.3) is 0 Å². The van der Waals surface area contributed by atoms with E-state index in [-0.39, 0.29) is 11.9 Å². The molecule has 2 rings (SSSR count). The lowest BCUT2D eigenvalue weighted by molar-refractivity contribution is 0.0940. The zero-order valence-electron chi connectivity index (χ0n) is 11.2. The smallest absolute Gasteiger partial charge is 0.253 e. The van der Waals surface area contributed by atoms with Crippen molar-refractivity contribution >= 4 is 11.6 Å². The van der Waals surface area contributed by atoms with Crippen LogP contribution in [0.15, 0.2) is 48.5 Å². The van der Waals surface area contributed by atoms with E-state index in [0.717, 1.165) is 11.1 Å². The summed E-state index contributed by atoms with van der Waals surface area (Å²) in [5.74, 6) is -0.141. The third-order valence-electron chi connectivity index (χ3n) is 3.10. The van der Waals surface area contributed by atoms with Gasteiger partial charge >= 0.3 is 0 Å². The molecule has 1 unspecified atom stereocenters. The van der Waals surface area contributed by atoms with Gasteiger partial charge < -0.3 is 11.1 Å². The predicted molar refractivity (Wildman–Crippen MR) is 77.9 cm³/mol. The van der Waals surface area contributed by atoms with Gasteiger partial charge in [0.2, 0.25) is 0 Å². The average Bonchev–Trinajstić information content (AvgIpc) is 2.42. The Balaban J connectivity index is 2.15. The molecular weight excluding hydrogens is 236 g/mol. The van der Waals surface area contributed by atoms with Crippen LogP contribution in [0.5, 0.6) is 0 Å². The van der Waals surface area contributed by atoms with Gasteiger partial charge in [-0.1, -0.05) is 42.0 Å². The molecule has 0 saturated heterocycles. The first-order valence-electron chi connectivity index (χ1n) is 6.30. The normalized spacial score (nSPS) is 11.9. The standard InChI is InChI=1S/C16H18N2O/c1-11-8-9-15(17)14(10-11)16(19)18-12(2)13-6-4-3-5-7-13/h3-10,12H,17H2,1-2H3,(H,18,19). The van der Waals surface area contributed by atoms with Crippen molar-refractivity contribution in [1.29, 1.82) is 0 Å². The minimum absolute atomic E-state index is 0.0476. The van der Waals surface area contributed by atoms with Gasteiger partial charge in [-0.3, -0.25) is 4.79 Å². The molecule has 0 radical (unpaired) electrons. The van der Waals surface area contributed by atoms with Crippen LogP contribution in [0.3, 0.4) is 0 Å². The molecule has 1 atom stereocenters. The molecule has 19 heavy (non-hydrogen) atoms.